The summed E-state index contributed by atoms with van der Waals surface area (Å²) in [6.07, 6.45) is 3.61. The molecule has 1 fully saturated rings. The van der Waals surface area contributed by atoms with Crippen molar-refractivity contribution in [3.05, 3.63) is 24.2 Å². The van der Waals surface area contributed by atoms with Crippen LogP contribution in [0.3, 0.4) is 0 Å². The van der Waals surface area contributed by atoms with Gasteiger partial charge in [0.1, 0.15) is 5.76 Å². The average molecular weight is 252 g/mol. The quantitative estimate of drug-likeness (QED) is 0.821. The molecule has 1 N–H and O–H groups in total. The van der Waals surface area contributed by atoms with Crippen molar-refractivity contribution in [2.75, 3.05) is 26.8 Å². The molecule has 1 amide bonds. The maximum absolute atomic E-state index is 12.1. The molecule has 1 aromatic heterocycles. The molecule has 1 aromatic rings. The van der Waals surface area contributed by atoms with Crippen LogP contribution < -0.4 is 5.32 Å². The van der Waals surface area contributed by atoms with Crippen LogP contribution in [0.2, 0.25) is 0 Å². The fraction of sp³-hybridized carbons (Fsp3) is 0.615. The number of furan rings is 1. The first-order valence-electron chi connectivity index (χ1n) is 6.34. The molecule has 0 spiro atoms. The first kappa shape index (κ1) is 13.1. The highest BCUT2D eigenvalue weighted by Gasteiger charge is 2.29. The fourth-order valence-electron chi connectivity index (χ4n) is 2.30. The first-order valence-corrected chi connectivity index (χ1v) is 6.34. The number of hydrogen-bond acceptors (Lipinski definition) is 4. The molecule has 2 rings (SSSR count). The molecule has 1 saturated heterocycles. The van der Waals surface area contributed by atoms with Gasteiger partial charge in [-0.05, 0) is 31.5 Å². The Labute approximate surface area is 107 Å². The molecule has 18 heavy (non-hydrogen) atoms. The Balaban J connectivity index is 1.80. The van der Waals surface area contributed by atoms with Gasteiger partial charge in [-0.3, -0.25) is 9.69 Å². The van der Waals surface area contributed by atoms with E-state index in [0.717, 1.165) is 31.7 Å². The Kier molecular flexibility index (Phi) is 4.78. The number of carbonyl (C=O) groups is 1. The summed E-state index contributed by atoms with van der Waals surface area (Å²) in [5, 5.41) is 2.92. The second-order valence-electron chi connectivity index (χ2n) is 4.48. The predicted molar refractivity (Wildman–Crippen MR) is 67.0 cm³/mol. The third kappa shape index (κ3) is 3.34. The molecule has 0 bridgehead atoms. The SMILES string of the molecule is COCCN1CCC[C@@H]1C(=O)NCc1ccco1. The molecular formula is C13H20N2O3. The highest BCUT2D eigenvalue weighted by molar-refractivity contribution is 5.81. The Bertz CT molecular complexity index is 364. The number of amides is 1. The summed E-state index contributed by atoms with van der Waals surface area (Å²) in [5.74, 6) is 0.866. The monoisotopic (exact) mass is 252 g/mol. The lowest BCUT2D eigenvalue weighted by Crippen LogP contribution is -2.44. The molecule has 1 aliphatic heterocycles. The van der Waals surface area contributed by atoms with E-state index in [0.29, 0.717) is 13.2 Å². The van der Waals surface area contributed by atoms with Crippen molar-refractivity contribution >= 4 is 5.91 Å². The molecule has 0 saturated carbocycles. The second-order valence-corrected chi connectivity index (χ2v) is 4.48. The third-order valence-corrected chi connectivity index (χ3v) is 3.27. The lowest BCUT2D eigenvalue weighted by atomic mass is 10.2. The Hall–Kier alpha value is -1.33. The lowest BCUT2D eigenvalue weighted by Gasteiger charge is -2.22. The Morgan fingerprint density at radius 1 is 1.67 bits per heavy atom. The lowest BCUT2D eigenvalue weighted by molar-refractivity contribution is -0.125. The Morgan fingerprint density at radius 2 is 2.56 bits per heavy atom. The summed E-state index contributed by atoms with van der Waals surface area (Å²) in [6, 6.07) is 3.66. The highest BCUT2D eigenvalue weighted by Crippen LogP contribution is 2.16. The van der Waals surface area contributed by atoms with Crippen LogP contribution >= 0.6 is 0 Å². The van der Waals surface area contributed by atoms with Crippen molar-refractivity contribution < 1.29 is 13.9 Å². The van der Waals surface area contributed by atoms with E-state index in [1.165, 1.54) is 0 Å². The molecule has 5 nitrogen and oxygen atoms in total. The Morgan fingerprint density at radius 3 is 3.28 bits per heavy atom. The van der Waals surface area contributed by atoms with Gasteiger partial charge in [0.15, 0.2) is 0 Å². The van der Waals surface area contributed by atoms with Gasteiger partial charge in [0, 0.05) is 13.7 Å². The average Bonchev–Trinajstić information content (AvgIpc) is 3.04. The maximum Gasteiger partial charge on any atom is 0.237 e. The van der Waals surface area contributed by atoms with Crippen molar-refractivity contribution in [3.63, 3.8) is 0 Å². The number of methoxy groups -OCH3 is 1. The summed E-state index contributed by atoms with van der Waals surface area (Å²) < 4.78 is 10.3. The van der Waals surface area contributed by atoms with Crippen LogP contribution in [0.1, 0.15) is 18.6 Å². The maximum atomic E-state index is 12.1. The summed E-state index contributed by atoms with van der Waals surface area (Å²) >= 11 is 0. The van der Waals surface area contributed by atoms with Gasteiger partial charge in [-0.15, -0.1) is 0 Å². The highest BCUT2D eigenvalue weighted by atomic mass is 16.5. The summed E-state index contributed by atoms with van der Waals surface area (Å²) in [6.45, 7) is 2.92. The number of nitrogens with one attached hydrogen (secondary N) is 1. The van der Waals surface area contributed by atoms with E-state index in [1.807, 2.05) is 12.1 Å². The molecule has 0 aliphatic carbocycles. The third-order valence-electron chi connectivity index (χ3n) is 3.27. The van der Waals surface area contributed by atoms with E-state index in [-0.39, 0.29) is 11.9 Å². The van der Waals surface area contributed by atoms with Crippen LogP contribution in [0.4, 0.5) is 0 Å². The zero-order chi connectivity index (χ0) is 12.8. The summed E-state index contributed by atoms with van der Waals surface area (Å²) in [4.78, 5) is 14.3. The summed E-state index contributed by atoms with van der Waals surface area (Å²) in [7, 11) is 1.68. The molecule has 0 aromatic carbocycles. The molecule has 1 aliphatic rings. The fourth-order valence-corrected chi connectivity index (χ4v) is 2.30. The first-order chi connectivity index (χ1) is 8.81. The predicted octanol–water partition coefficient (Wildman–Crippen LogP) is 1.01. The van der Waals surface area contributed by atoms with Crippen LogP contribution in [-0.2, 0) is 16.1 Å². The van der Waals surface area contributed by atoms with Gasteiger partial charge in [0.25, 0.3) is 0 Å². The minimum Gasteiger partial charge on any atom is -0.467 e. The van der Waals surface area contributed by atoms with Crippen molar-refractivity contribution in [1.29, 1.82) is 0 Å². The largest absolute Gasteiger partial charge is 0.467 e. The molecule has 1 atom stereocenters. The van der Waals surface area contributed by atoms with Gasteiger partial charge >= 0.3 is 0 Å². The van der Waals surface area contributed by atoms with E-state index in [9.17, 15) is 4.79 Å². The zero-order valence-electron chi connectivity index (χ0n) is 10.7. The normalized spacial score (nSPS) is 20.2. The van der Waals surface area contributed by atoms with Crippen LogP contribution in [-0.4, -0.2) is 43.7 Å². The number of hydrogen-bond donors (Lipinski definition) is 1. The van der Waals surface area contributed by atoms with Gasteiger partial charge in [0.05, 0.1) is 25.5 Å². The van der Waals surface area contributed by atoms with Crippen LogP contribution in [0, 0.1) is 0 Å². The number of ether oxygens (including phenoxy) is 1. The van der Waals surface area contributed by atoms with E-state index >= 15 is 0 Å². The van der Waals surface area contributed by atoms with E-state index in [1.54, 1.807) is 13.4 Å². The van der Waals surface area contributed by atoms with Crippen LogP contribution in [0.5, 0.6) is 0 Å². The van der Waals surface area contributed by atoms with Crippen molar-refractivity contribution in [2.24, 2.45) is 0 Å². The van der Waals surface area contributed by atoms with Crippen LogP contribution in [0.15, 0.2) is 22.8 Å². The smallest absolute Gasteiger partial charge is 0.237 e. The van der Waals surface area contributed by atoms with Crippen molar-refractivity contribution in [3.8, 4) is 0 Å². The molecule has 0 radical (unpaired) electrons. The van der Waals surface area contributed by atoms with Gasteiger partial charge in [-0.25, -0.2) is 0 Å². The molecule has 2 heterocycles. The van der Waals surface area contributed by atoms with Gasteiger partial charge in [0.2, 0.25) is 5.91 Å². The summed E-state index contributed by atoms with van der Waals surface area (Å²) in [5.41, 5.74) is 0. The van der Waals surface area contributed by atoms with Gasteiger partial charge in [-0.2, -0.15) is 0 Å². The minimum atomic E-state index is -0.0184. The second kappa shape index (κ2) is 6.56. The topological polar surface area (TPSA) is 54.7 Å². The van der Waals surface area contributed by atoms with E-state index < -0.39 is 0 Å². The minimum absolute atomic E-state index is 0.0184. The van der Waals surface area contributed by atoms with E-state index in [2.05, 4.69) is 10.2 Å². The van der Waals surface area contributed by atoms with Crippen molar-refractivity contribution in [2.45, 2.75) is 25.4 Å². The molecule has 100 valence electrons. The van der Waals surface area contributed by atoms with E-state index in [4.69, 9.17) is 9.15 Å². The number of likely N-dealkylation sites (tertiary alicyclic amines) is 1. The number of carbonyl (C=O) groups excluding carboxylic acids is 1. The van der Waals surface area contributed by atoms with Crippen LogP contribution in [0.25, 0.3) is 0 Å². The number of rotatable bonds is 6. The zero-order valence-corrected chi connectivity index (χ0v) is 10.7. The molecule has 0 unspecified atom stereocenters. The van der Waals surface area contributed by atoms with Crippen molar-refractivity contribution in [1.82, 2.24) is 10.2 Å². The number of nitrogens with zero attached hydrogens (tertiary/aromatic N) is 1. The van der Waals surface area contributed by atoms with Gasteiger partial charge in [-0.1, -0.05) is 0 Å². The van der Waals surface area contributed by atoms with Gasteiger partial charge < -0.3 is 14.5 Å². The molecule has 5 heteroatoms. The molecular weight excluding hydrogens is 232 g/mol. The standard InChI is InChI=1S/C13H20N2O3/c1-17-9-7-15-6-2-5-12(15)13(16)14-10-11-4-3-8-18-11/h3-4,8,12H,2,5-7,9-10H2,1H3,(H,14,16)/t12-/m1/s1.